The molecule has 0 aliphatic carbocycles. The molecule has 0 N–H and O–H groups in total. The topological polar surface area (TPSA) is 104 Å². The Labute approximate surface area is 194 Å². The predicted molar refractivity (Wildman–Crippen MR) is 121 cm³/mol. The highest BCUT2D eigenvalue weighted by atomic mass is 35.5. The molecule has 4 heterocycles. The van der Waals surface area contributed by atoms with Gasteiger partial charge >= 0.3 is 5.82 Å². The van der Waals surface area contributed by atoms with Crippen LogP contribution in [0.25, 0.3) is 22.7 Å². The van der Waals surface area contributed by atoms with Crippen LogP contribution < -0.4 is 0 Å². The van der Waals surface area contributed by atoms with Crippen LogP contribution in [0.15, 0.2) is 77.3 Å². The molecule has 1 aromatic carbocycles. The monoisotopic (exact) mass is 483 g/mol. The number of hydrogen-bond donors (Lipinski definition) is 0. The first-order valence-corrected chi connectivity index (χ1v) is 10.7. The van der Waals surface area contributed by atoms with E-state index in [2.05, 4.69) is 20.2 Å². The highest BCUT2D eigenvalue weighted by molar-refractivity contribution is 7.99. The van der Waals surface area contributed by atoms with E-state index in [1.807, 2.05) is 6.07 Å². The molecule has 0 unspecified atom stereocenters. The van der Waals surface area contributed by atoms with Crippen molar-refractivity contribution in [3.8, 4) is 17.1 Å². The Morgan fingerprint density at radius 3 is 2.66 bits per heavy atom. The minimum absolute atomic E-state index is 0.155. The lowest BCUT2D eigenvalue weighted by Gasteiger charge is -2.10. The summed E-state index contributed by atoms with van der Waals surface area (Å²) in [5.74, 6) is 0.336. The smallest absolute Gasteiger partial charge is 0.358 e. The Morgan fingerprint density at radius 2 is 1.91 bits per heavy atom. The molecule has 0 radical (unpaired) electrons. The first kappa shape index (κ1) is 20.4. The molecule has 0 spiro atoms. The van der Waals surface area contributed by atoms with Gasteiger partial charge in [-0.15, -0.1) is 10.2 Å². The van der Waals surface area contributed by atoms with Crippen molar-refractivity contribution in [3.63, 3.8) is 0 Å². The van der Waals surface area contributed by atoms with E-state index in [1.165, 1.54) is 4.40 Å². The maximum atomic E-state index is 11.8. The molecule has 0 fully saturated rings. The molecule has 0 atom stereocenters. The van der Waals surface area contributed by atoms with E-state index in [4.69, 9.17) is 23.2 Å². The molecule has 32 heavy (non-hydrogen) atoms. The summed E-state index contributed by atoms with van der Waals surface area (Å²) >= 11 is 13.4. The third-order valence-electron chi connectivity index (χ3n) is 4.55. The van der Waals surface area contributed by atoms with Crippen LogP contribution in [0, 0.1) is 10.1 Å². The van der Waals surface area contributed by atoms with Gasteiger partial charge < -0.3 is 10.1 Å². The van der Waals surface area contributed by atoms with Gasteiger partial charge in [-0.05, 0) is 53.1 Å². The van der Waals surface area contributed by atoms with Crippen LogP contribution in [0.5, 0.6) is 0 Å². The zero-order valence-electron chi connectivity index (χ0n) is 16.0. The van der Waals surface area contributed by atoms with Gasteiger partial charge in [0.15, 0.2) is 5.82 Å². The Kier molecular flexibility index (Phi) is 5.25. The molecule has 0 amide bonds. The number of hydrogen-bond acceptors (Lipinski definition) is 7. The standard InChI is InChI=1S/C20H11Cl2N7O2S/c21-14-7-6-13(10-15(14)22)28-17(12-4-3-8-23-11-12)25-26-20(28)32-18-19(29(30)31)27-9-2-1-5-16(27)24-18/h1-11H. The third-order valence-corrected chi connectivity index (χ3v) is 6.20. The number of benzene rings is 1. The zero-order chi connectivity index (χ0) is 22.2. The highest BCUT2D eigenvalue weighted by Crippen LogP contribution is 2.37. The average Bonchev–Trinajstić information content (AvgIpc) is 3.37. The molecule has 0 aliphatic heterocycles. The Morgan fingerprint density at radius 1 is 1.03 bits per heavy atom. The number of fused-ring (bicyclic) bond motifs is 1. The quantitative estimate of drug-likeness (QED) is 0.245. The van der Waals surface area contributed by atoms with E-state index in [9.17, 15) is 10.1 Å². The molecule has 158 valence electrons. The minimum Gasteiger partial charge on any atom is -0.358 e. The van der Waals surface area contributed by atoms with Crippen LogP contribution in [0.2, 0.25) is 10.0 Å². The van der Waals surface area contributed by atoms with Gasteiger partial charge in [-0.3, -0.25) is 9.55 Å². The zero-order valence-corrected chi connectivity index (χ0v) is 18.3. The number of imidazole rings is 1. The van der Waals surface area contributed by atoms with Gasteiger partial charge in [0.25, 0.3) is 0 Å². The van der Waals surface area contributed by atoms with Gasteiger partial charge in [0.05, 0.1) is 21.9 Å². The summed E-state index contributed by atoms with van der Waals surface area (Å²) in [6, 6.07) is 13.9. The second-order valence-electron chi connectivity index (χ2n) is 6.51. The van der Waals surface area contributed by atoms with E-state index >= 15 is 0 Å². The van der Waals surface area contributed by atoms with Gasteiger partial charge in [-0.2, -0.15) is 9.38 Å². The van der Waals surface area contributed by atoms with Crippen LogP contribution in [0.4, 0.5) is 5.82 Å². The average molecular weight is 484 g/mol. The van der Waals surface area contributed by atoms with E-state index < -0.39 is 4.92 Å². The summed E-state index contributed by atoms with van der Waals surface area (Å²) in [6.45, 7) is 0. The first-order chi connectivity index (χ1) is 15.5. The van der Waals surface area contributed by atoms with Gasteiger partial charge in [-0.1, -0.05) is 29.3 Å². The van der Waals surface area contributed by atoms with Gasteiger partial charge in [0, 0.05) is 24.0 Å². The summed E-state index contributed by atoms with van der Waals surface area (Å²) < 4.78 is 3.15. The van der Waals surface area contributed by atoms with Gasteiger partial charge in [-0.25, -0.2) is 0 Å². The Balaban J connectivity index is 1.70. The molecule has 0 saturated carbocycles. The van der Waals surface area contributed by atoms with Crippen LogP contribution in [-0.4, -0.2) is 34.1 Å². The van der Waals surface area contributed by atoms with E-state index in [0.717, 1.165) is 11.8 Å². The van der Waals surface area contributed by atoms with Crippen molar-refractivity contribution in [1.29, 1.82) is 0 Å². The molecule has 0 bridgehead atoms. The Hall–Kier alpha value is -3.47. The van der Waals surface area contributed by atoms with Crippen molar-refractivity contribution in [2.24, 2.45) is 0 Å². The van der Waals surface area contributed by atoms with Gasteiger partial charge in [0.2, 0.25) is 15.8 Å². The first-order valence-electron chi connectivity index (χ1n) is 9.13. The summed E-state index contributed by atoms with van der Waals surface area (Å²) in [5, 5.41) is 21.7. The number of nitrogens with zero attached hydrogens (tertiary/aromatic N) is 7. The van der Waals surface area contributed by atoms with Crippen LogP contribution in [0.3, 0.4) is 0 Å². The normalized spacial score (nSPS) is 11.2. The number of aromatic nitrogens is 6. The number of halogens is 2. The second kappa shape index (κ2) is 8.23. The fraction of sp³-hybridized carbons (Fsp3) is 0. The minimum atomic E-state index is -0.468. The van der Waals surface area contributed by atoms with Crippen LogP contribution in [-0.2, 0) is 0 Å². The maximum Gasteiger partial charge on any atom is 0.362 e. The van der Waals surface area contributed by atoms with Crippen LogP contribution >= 0.6 is 35.0 Å². The molecule has 12 heteroatoms. The number of rotatable bonds is 5. The summed E-state index contributed by atoms with van der Waals surface area (Å²) in [7, 11) is 0. The summed E-state index contributed by atoms with van der Waals surface area (Å²) in [5.41, 5.74) is 1.80. The summed E-state index contributed by atoms with van der Waals surface area (Å²) in [4.78, 5) is 19.9. The lowest BCUT2D eigenvalue weighted by Crippen LogP contribution is -2.00. The number of pyridine rings is 2. The lowest BCUT2D eigenvalue weighted by molar-refractivity contribution is -0.393. The van der Waals surface area contributed by atoms with Crippen molar-refractivity contribution in [2.45, 2.75) is 10.2 Å². The van der Waals surface area contributed by atoms with E-state index in [1.54, 1.807) is 65.6 Å². The largest absolute Gasteiger partial charge is 0.362 e. The second-order valence-corrected chi connectivity index (χ2v) is 8.28. The van der Waals surface area contributed by atoms with Crippen molar-refractivity contribution >= 4 is 46.4 Å². The molecular weight excluding hydrogens is 473 g/mol. The van der Waals surface area contributed by atoms with Crippen molar-refractivity contribution in [1.82, 2.24) is 29.1 Å². The SMILES string of the molecule is O=[N+]([O-])c1c(Sc2nnc(-c3cccnc3)n2-c2ccc(Cl)c(Cl)c2)nc2ccccn12. The Bertz CT molecular complexity index is 1470. The molecule has 4 aromatic heterocycles. The predicted octanol–water partition coefficient (Wildman–Crippen LogP) is 5.34. The maximum absolute atomic E-state index is 11.8. The van der Waals surface area contributed by atoms with E-state index in [-0.39, 0.29) is 10.8 Å². The fourth-order valence-electron chi connectivity index (χ4n) is 3.16. The molecule has 0 saturated heterocycles. The third kappa shape index (κ3) is 3.58. The molecule has 0 aliphatic rings. The molecule has 9 nitrogen and oxygen atoms in total. The van der Waals surface area contributed by atoms with Crippen molar-refractivity contribution in [3.05, 3.63) is 87.3 Å². The summed E-state index contributed by atoms with van der Waals surface area (Å²) in [6.07, 6.45) is 4.90. The fourth-order valence-corrected chi connectivity index (χ4v) is 4.39. The van der Waals surface area contributed by atoms with E-state index in [0.29, 0.717) is 37.9 Å². The van der Waals surface area contributed by atoms with Gasteiger partial charge in [0.1, 0.15) is 0 Å². The molecule has 5 aromatic rings. The molecular formula is C20H11Cl2N7O2S. The van der Waals surface area contributed by atoms with Crippen molar-refractivity contribution < 1.29 is 4.92 Å². The highest BCUT2D eigenvalue weighted by Gasteiger charge is 2.26. The van der Waals surface area contributed by atoms with Crippen molar-refractivity contribution in [2.75, 3.05) is 0 Å². The molecule has 5 rings (SSSR count). The number of nitro groups is 1. The van der Waals surface area contributed by atoms with Crippen LogP contribution in [0.1, 0.15) is 0 Å². The lowest BCUT2D eigenvalue weighted by atomic mass is 10.2.